The summed E-state index contributed by atoms with van der Waals surface area (Å²) in [5.41, 5.74) is 1.59. The van der Waals surface area contributed by atoms with E-state index in [2.05, 4.69) is 5.32 Å². The summed E-state index contributed by atoms with van der Waals surface area (Å²) in [5, 5.41) is 2.78. The van der Waals surface area contributed by atoms with Gasteiger partial charge in [-0.2, -0.15) is 0 Å². The molecule has 0 aromatic heterocycles. The van der Waals surface area contributed by atoms with Gasteiger partial charge >= 0.3 is 5.97 Å². The van der Waals surface area contributed by atoms with Crippen LogP contribution < -0.4 is 10.1 Å². The highest BCUT2D eigenvalue weighted by molar-refractivity contribution is 6.04. The van der Waals surface area contributed by atoms with Crippen LogP contribution in [0.15, 0.2) is 84.9 Å². The van der Waals surface area contributed by atoms with Gasteiger partial charge in [-0.05, 0) is 36.4 Å². The molecule has 3 rings (SSSR count). The second-order valence-corrected chi connectivity index (χ2v) is 5.10. The number of hydrogen-bond donors (Lipinski definition) is 1. The minimum atomic E-state index is -0.442. The number of anilines is 1. The zero-order valence-electron chi connectivity index (χ0n) is 12.8. The zero-order valence-corrected chi connectivity index (χ0v) is 12.8. The number of carbonyl (C=O) groups is 2. The van der Waals surface area contributed by atoms with Gasteiger partial charge in [0.1, 0.15) is 5.75 Å². The molecule has 0 aliphatic heterocycles. The number of carbonyl (C=O) groups excluding carboxylic acids is 2. The van der Waals surface area contributed by atoms with Crippen molar-refractivity contribution in [2.45, 2.75) is 0 Å². The van der Waals surface area contributed by atoms with Crippen molar-refractivity contribution in [3.63, 3.8) is 0 Å². The monoisotopic (exact) mass is 317 g/mol. The lowest BCUT2D eigenvalue weighted by atomic mass is 10.2. The summed E-state index contributed by atoms with van der Waals surface area (Å²) in [5.74, 6) is -0.293. The SMILES string of the molecule is O=C(Nc1cccc(OC(=O)c2ccccc2)c1)c1ccccc1. The van der Waals surface area contributed by atoms with Crippen LogP contribution in [0.3, 0.4) is 0 Å². The maximum absolute atomic E-state index is 12.2. The van der Waals surface area contributed by atoms with Crippen molar-refractivity contribution >= 4 is 17.6 Å². The van der Waals surface area contributed by atoms with E-state index in [0.717, 1.165) is 0 Å². The van der Waals surface area contributed by atoms with Gasteiger partial charge in [-0.15, -0.1) is 0 Å². The fraction of sp³-hybridized carbons (Fsp3) is 0. The summed E-state index contributed by atoms with van der Waals surface area (Å²) in [6, 6.07) is 24.4. The largest absolute Gasteiger partial charge is 0.423 e. The van der Waals surface area contributed by atoms with Gasteiger partial charge in [0.05, 0.1) is 5.56 Å². The highest BCUT2D eigenvalue weighted by Gasteiger charge is 2.09. The van der Waals surface area contributed by atoms with Crippen LogP contribution in [0.1, 0.15) is 20.7 Å². The number of amides is 1. The number of ether oxygens (including phenoxy) is 1. The van der Waals surface area contributed by atoms with Crippen LogP contribution in [0.5, 0.6) is 5.75 Å². The molecule has 0 aliphatic carbocycles. The molecule has 0 unspecified atom stereocenters. The third kappa shape index (κ3) is 3.87. The Morgan fingerprint density at radius 3 is 2.00 bits per heavy atom. The zero-order chi connectivity index (χ0) is 16.8. The van der Waals surface area contributed by atoms with E-state index in [9.17, 15) is 9.59 Å². The van der Waals surface area contributed by atoms with Crippen molar-refractivity contribution in [2.75, 3.05) is 5.32 Å². The van der Waals surface area contributed by atoms with Gasteiger partial charge in [-0.1, -0.05) is 42.5 Å². The van der Waals surface area contributed by atoms with Gasteiger partial charge in [0.2, 0.25) is 0 Å². The standard InChI is InChI=1S/C20H15NO3/c22-19(15-8-3-1-4-9-15)21-17-12-7-13-18(14-17)24-20(23)16-10-5-2-6-11-16/h1-14H,(H,21,22). The molecule has 0 heterocycles. The van der Waals surface area contributed by atoms with Crippen LogP contribution in [0.4, 0.5) is 5.69 Å². The molecule has 0 fully saturated rings. The molecule has 24 heavy (non-hydrogen) atoms. The van der Waals surface area contributed by atoms with Gasteiger partial charge in [0.15, 0.2) is 0 Å². The lowest BCUT2D eigenvalue weighted by Crippen LogP contribution is -2.12. The number of benzene rings is 3. The van der Waals surface area contributed by atoms with Crippen molar-refractivity contribution in [3.8, 4) is 5.75 Å². The van der Waals surface area contributed by atoms with E-state index < -0.39 is 5.97 Å². The first kappa shape index (κ1) is 15.5. The van der Waals surface area contributed by atoms with Gasteiger partial charge < -0.3 is 10.1 Å². The predicted octanol–water partition coefficient (Wildman–Crippen LogP) is 4.16. The molecule has 0 aliphatic rings. The summed E-state index contributed by atoms with van der Waals surface area (Å²) in [7, 11) is 0. The second kappa shape index (κ2) is 7.24. The number of nitrogens with one attached hydrogen (secondary N) is 1. The molecule has 1 amide bonds. The highest BCUT2D eigenvalue weighted by atomic mass is 16.5. The van der Waals surface area contributed by atoms with Gasteiger partial charge in [-0.3, -0.25) is 4.79 Å². The first-order valence-corrected chi connectivity index (χ1v) is 7.46. The first-order valence-electron chi connectivity index (χ1n) is 7.46. The molecular formula is C20H15NO3. The normalized spacial score (nSPS) is 10.0. The van der Waals surface area contributed by atoms with Crippen molar-refractivity contribution < 1.29 is 14.3 Å². The van der Waals surface area contributed by atoms with E-state index in [-0.39, 0.29) is 5.91 Å². The molecule has 0 bridgehead atoms. The Labute approximate surface area is 139 Å². The maximum atomic E-state index is 12.2. The Bertz CT molecular complexity index is 776. The van der Waals surface area contributed by atoms with Gasteiger partial charge in [-0.25, -0.2) is 4.79 Å². The van der Waals surface area contributed by atoms with Crippen molar-refractivity contribution in [2.24, 2.45) is 0 Å². The molecule has 3 aromatic carbocycles. The van der Waals surface area contributed by atoms with Crippen LogP contribution in [0.2, 0.25) is 0 Å². The number of esters is 1. The van der Waals surface area contributed by atoms with E-state index in [1.54, 1.807) is 72.8 Å². The Kier molecular flexibility index (Phi) is 4.68. The average Bonchev–Trinajstić information content (AvgIpc) is 2.63. The molecule has 118 valence electrons. The first-order chi connectivity index (χ1) is 11.7. The third-order valence-corrected chi connectivity index (χ3v) is 3.35. The van der Waals surface area contributed by atoms with Crippen LogP contribution in [-0.2, 0) is 0 Å². The Morgan fingerprint density at radius 2 is 1.33 bits per heavy atom. The Balaban J connectivity index is 1.70. The van der Waals surface area contributed by atoms with E-state index in [1.165, 1.54) is 0 Å². The summed E-state index contributed by atoms with van der Waals surface area (Å²) in [6.45, 7) is 0. The van der Waals surface area contributed by atoms with E-state index >= 15 is 0 Å². The Hall–Kier alpha value is -3.40. The highest BCUT2D eigenvalue weighted by Crippen LogP contribution is 2.19. The van der Waals surface area contributed by atoms with Crippen molar-refractivity contribution in [3.05, 3.63) is 96.1 Å². The summed E-state index contributed by atoms with van der Waals surface area (Å²) in [6.07, 6.45) is 0. The molecule has 0 spiro atoms. The second-order valence-electron chi connectivity index (χ2n) is 5.10. The van der Waals surface area contributed by atoms with Crippen molar-refractivity contribution in [1.82, 2.24) is 0 Å². The maximum Gasteiger partial charge on any atom is 0.343 e. The molecular weight excluding hydrogens is 302 g/mol. The number of rotatable bonds is 4. The van der Waals surface area contributed by atoms with Gasteiger partial charge in [0.25, 0.3) is 5.91 Å². The van der Waals surface area contributed by atoms with Crippen LogP contribution in [0, 0.1) is 0 Å². The smallest absolute Gasteiger partial charge is 0.343 e. The van der Waals surface area contributed by atoms with E-state index in [0.29, 0.717) is 22.6 Å². The molecule has 0 saturated heterocycles. The van der Waals surface area contributed by atoms with Crippen molar-refractivity contribution in [1.29, 1.82) is 0 Å². The average molecular weight is 317 g/mol. The molecule has 3 aromatic rings. The predicted molar refractivity (Wildman–Crippen MR) is 92.2 cm³/mol. The fourth-order valence-electron chi connectivity index (χ4n) is 2.17. The molecule has 0 saturated carbocycles. The molecule has 1 N–H and O–H groups in total. The molecule has 4 nitrogen and oxygen atoms in total. The van der Waals surface area contributed by atoms with E-state index in [4.69, 9.17) is 4.74 Å². The fourth-order valence-corrected chi connectivity index (χ4v) is 2.17. The topological polar surface area (TPSA) is 55.4 Å². The summed E-state index contributed by atoms with van der Waals surface area (Å²) >= 11 is 0. The number of hydrogen-bond acceptors (Lipinski definition) is 3. The summed E-state index contributed by atoms with van der Waals surface area (Å²) in [4.78, 5) is 24.2. The van der Waals surface area contributed by atoms with E-state index in [1.807, 2.05) is 12.1 Å². The minimum Gasteiger partial charge on any atom is -0.423 e. The minimum absolute atomic E-state index is 0.220. The molecule has 4 heteroatoms. The Morgan fingerprint density at radius 1 is 0.708 bits per heavy atom. The lowest BCUT2D eigenvalue weighted by molar-refractivity contribution is 0.0735. The van der Waals surface area contributed by atoms with Gasteiger partial charge in [0, 0.05) is 17.3 Å². The van der Waals surface area contributed by atoms with Crippen LogP contribution in [-0.4, -0.2) is 11.9 Å². The quantitative estimate of drug-likeness (QED) is 0.581. The third-order valence-electron chi connectivity index (χ3n) is 3.35. The molecule has 0 radical (unpaired) electrons. The summed E-state index contributed by atoms with van der Waals surface area (Å²) < 4.78 is 5.34. The van der Waals surface area contributed by atoms with Crippen LogP contribution in [0.25, 0.3) is 0 Å². The van der Waals surface area contributed by atoms with Crippen LogP contribution >= 0.6 is 0 Å². The lowest BCUT2D eigenvalue weighted by Gasteiger charge is -2.08. The molecule has 0 atom stereocenters.